The molecule has 1 aliphatic heterocycles. The highest BCUT2D eigenvalue weighted by atomic mass is 16.8. The minimum atomic E-state index is -0.484. The lowest BCUT2D eigenvalue weighted by atomic mass is 9.93. The molecule has 0 aromatic heterocycles. The summed E-state index contributed by atoms with van der Waals surface area (Å²) in [6, 6.07) is 0. The Morgan fingerprint density at radius 3 is 2.46 bits per heavy atom. The molecule has 0 radical (unpaired) electrons. The first-order valence-corrected chi connectivity index (χ1v) is 5.05. The minimum absolute atomic E-state index is 0.0440. The van der Waals surface area contributed by atoms with Crippen LogP contribution in [0.1, 0.15) is 26.7 Å². The van der Waals surface area contributed by atoms with Gasteiger partial charge in [-0.3, -0.25) is 0 Å². The molecule has 3 aliphatic carbocycles. The Hall–Kier alpha value is -0.120. The summed E-state index contributed by atoms with van der Waals surface area (Å²) in [5.41, 5.74) is 0.573. The molecule has 1 heterocycles. The molecule has 0 spiro atoms. The number of aliphatic hydroxyl groups excluding tert-OH is 1. The average molecular weight is 182 g/mol. The van der Waals surface area contributed by atoms with Crippen molar-refractivity contribution in [3.05, 3.63) is 0 Å². The molecule has 1 saturated heterocycles. The van der Waals surface area contributed by atoms with Gasteiger partial charge in [0.05, 0.1) is 12.2 Å². The number of fused-ring (bicyclic) bond motifs is 1. The second kappa shape index (κ2) is 1.47. The van der Waals surface area contributed by atoms with E-state index in [-0.39, 0.29) is 23.7 Å². The van der Waals surface area contributed by atoms with Gasteiger partial charge in [-0.25, -0.2) is 0 Å². The zero-order valence-electron chi connectivity index (χ0n) is 7.91. The molecule has 72 valence electrons. The summed E-state index contributed by atoms with van der Waals surface area (Å²) in [7, 11) is 0. The molecule has 0 aromatic carbocycles. The molecule has 4 rings (SSSR count). The Bertz CT molecular complexity index is 303. The third kappa shape index (κ3) is 0.528. The van der Waals surface area contributed by atoms with Crippen molar-refractivity contribution < 1.29 is 14.6 Å². The molecule has 3 saturated carbocycles. The van der Waals surface area contributed by atoms with Gasteiger partial charge >= 0.3 is 0 Å². The highest BCUT2D eigenvalue weighted by molar-refractivity contribution is 5.43. The van der Waals surface area contributed by atoms with E-state index in [1.807, 2.05) is 13.8 Å². The second-order valence-corrected chi connectivity index (χ2v) is 5.63. The number of aliphatic hydroxyl groups is 1. The smallest absolute Gasteiger partial charge is 0.163 e. The second-order valence-electron chi connectivity index (χ2n) is 5.63. The van der Waals surface area contributed by atoms with Gasteiger partial charge in [0.15, 0.2) is 5.79 Å². The van der Waals surface area contributed by atoms with Gasteiger partial charge in [-0.05, 0) is 26.7 Å². The molecule has 3 atom stereocenters. The van der Waals surface area contributed by atoms with Crippen LogP contribution < -0.4 is 0 Å². The van der Waals surface area contributed by atoms with E-state index in [0.29, 0.717) is 5.41 Å². The van der Waals surface area contributed by atoms with Crippen LogP contribution in [0.5, 0.6) is 0 Å². The van der Waals surface area contributed by atoms with Crippen LogP contribution in [0.4, 0.5) is 0 Å². The normalized spacial score (nSPS) is 69.9. The Kier molecular flexibility index (Phi) is 0.818. The molecular formula is C10H14O3. The van der Waals surface area contributed by atoms with E-state index in [1.165, 1.54) is 12.8 Å². The fraction of sp³-hybridized carbons (Fsp3) is 1.00. The van der Waals surface area contributed by atoms with Crippen LogP contribution >= 0.6 is 0 Å². The predicted octanol–water partition coefficient (Wildman–Crippen LogP) is 0.661. The van der Waals surface area contributed by atoms with Crippen LogP contribution in [0.15, 0.2) is 0 Å². The SMILES string of the molecule is CC1(C)O[C@H]2[C@@H](O)C34CC3(C4)[C@H]2O1. The standard InChI is InChI=1S/C10H14O3/c1-8(2)12-5-6(11)9-3-10(9,4-9)7(5)13-8/h5-7,11H,3-4H2,1-2H3/t5-,6+,7-,9?,10?/m0/s1. The molecule has 3 heteroatoms. The van der Waals surface area contributed by atoms with Crippen molar-refractivity contribution >= 4 is 0 Å². The van der Waals surface area contributed by atoms with Gasteiger partial charge < -0.3 is 14.6 Å². The molecule has 0 bridgehead atoms. The molecule has 3 nitrogen and oxygen atoms in total. The van der Waals surface area contributed by atoms with Crippen molar-refractivity contribution in [2.75, 3.05) is 0 Å². The van der Waals surface area contributed by atoms with E-state index in [2.05, 4.69) is 0 Å². The third-order valence-electron chi connectivity index (χ3n) is 4.55. The van der Waals surface area contributed by atoms with Crippen LogP contribution in [-0.4, -0.2) is 29.2 Å². The van der Waals surface area contributed by atoms with E-state index in [4.69, 9.17) is 9.47 Å². The molecule has 1 N–H and O–H groups in total. The zero-order valence-corrected chi connectivity index (χ0v) is 7.91. The first kappa shape index (κ1) is 7.21. The number of rotatable bonds is 0. The van der Waals surface area contributed by atoms with E-state index in [9.17, 15) is 5.11 Å². The molecule has 4 fully saturated rings. The Morgan fingerprint density at radius 2 is 1.85 bits per heavy atom. The van der Waals surface area contributed by atoms with Crippen molar-refractivity contribution in [3.63, 3.8) is 0 Å². The zero-order chi connectivity index (χ0) is 9.06. The van der Waals surface area contributed by atoms with E-state index >= 15 is 0 Å². The average Bonchev–Trinajstić information content (AvgIpc) is 2.72. The highest BCUT2D eigenvalue weighted by Gasteiger charge is 2.95. The Morgan fingerprint density at radius 1 is 1.15 bits per heavy atom. The van der Waals surface area contributed by atoms with Crippen molar-refractivity contribution in [2.24, 2.45) is 10.8 Å². The van der Waals surface area contributed by atoms with Crippen molar-refractivity contribution in [3.8, 4) is 0 Å². The van der Waals surface area contributed by atoms with Gasteiger partial charge in [0, 0.05) is 10.8 Å². The first-order valence-electron chi connectivity index (χ1n) is 5.05. The fourth-order valence-electron chi connectivity index (χ4n) is 3.74. The summed E-state index contributed by atoms with van der Waals surface area (Å²) in [6.07, 6.45) is 2.21. The molecule has 0 unspecified atom stereocenters. The van der Waals surface area contributed by atoms with Gasteiger partial charge in [0.2, 0.25) is 0 Å². The first-order chi connectivity index (χ1) is 6.01. The van der Waals surface area contributed by atoms with Gasteiger partial charge in [0.1, 0.15) is 6.10 Å². The summed E-state index contributed by atoms with van der Waals surface area (Å²) in [5, 5.41) is 10.0. The van der Waals surface area contributed by atoms with Crippen LogP contribution in [0.25, 0.3) is 0 Å². The largest absolute Gasteiger partial charge is 0.390 e. The van der Waals surface area contributed by atoms with Crippen molar-refractivity contribution in [1.29, 1.82) is 0 Å². The maximum Gasteiger partial charge on any atom is 0.163 e. The maximum atomic E-state index is 10.0. The van der Waals surface area contributed by atoms with E-state index in [1.54, 1.807) is 0 Å². The monoisotopic (exact) mass is 182 g/mol. The minimum Gasteiger partial charge on any atom is -0.390 e. The molecule has 0 aromatic rings. The molecule has 4 aliphatic rings. The van der Waals surface area contributed by atoms with Gasteiger partial charge in [-0.15, -0.1) is 0 Å². The quantitative estimate of drug-likeness (QED) is 0.598. The van der Waals surface area contributed by atoms with Crippen LogP contribution in [-0.2, 0) is 9.47 Å². The van der Waals surface area contributed by atoms with E-state index in [0.717, 1.165) is 0 Å². The Labute approximate surface area is 77.0 Å². The van der Waals surface area contributed by atoms with Crippen molar-refractivity contribution in [2.45, 2.75) is 50.8 Å². The third-order valence-corrected chi connectivity index (χ3v) is 4.55. The van der Waals surface area contributed by atoms with Gasteiger partial charge in [-0.1, -0.05) is 0 Å². The number of hydrogen-bond acceptors (Lipinski definition) is 3. The lowest BCUT2D eigenvalue weighted by Gasteiger charge is -2.24. The highest BCUT2D eigenvalue weighted by Crippen LogP contribution is 2.94. The van der Waals surface area contributed by atoms with Crippen LogP contribution in [0.2, 0.25) is 0 Å². The lowest BCUT2D eigenvalue weighted by Crippen LogP contribution is -2.38. The maximum absolute atomic E-state index is 10.0. The topological polar surface area (TPSA) is 38.7 Å². The van der Waals surface area contributed by atoms with E-state index < -0.39 is 5.79 Å². The van der Waals surface area contributed by atoms with Crippen LogP contribution in [0, 0.1) is 10.8 Å². The molecule has 13 heavy (non-hydrogen) atoms. The predicted molar refractivity (Wildman–Crippen MR) is 43.9 cm³/mol. The molecule has 0 amide bonds. The summed E-state index contributed by atoms with van der Waals surface area (Å²) in [6.45, 7) is 3.86. The van der Waals surface area contributed by atoms with Crippen LogP contribution in [0.3, 0.4) is 0 Å². The van der Waals surface area contributed by atoms with Gasteiger partial charge in [0.25, 0.3) is 0 Å². The molecular weight excluding hydrogens is 168 g/mol. The summed E-state index contributed by atoms with van der Waals surface area (Å²) in [5.74, 6) is -0.484. The van der Waals surface area contributed by atoms with Crippen molar-refractivity contribution in [1.82, 2.24) is 0 Å². The summed E-state index contributed by atoms with van der Waals surface area (Å²) in [4.78, 5) is 0. The summed E-state index contributed by atoms with van der Waals surface area (Å²) >= 11 is 0. The lowest BCUT2D eigenvalue weighted by molar-refractivity contribution is -0.162. The Balaban J connectivity index is 1.75. The van der Waals surface area contributed by atoms with Gasteiger partial charge in [-0.2, -0.15) is 0 Å². The fourth-order valence-corrected chi connectivity index (χ4v) is 3.74. The summed E-state index contributed by atoms with van der Waals surface area (Å²) < 4.78 is 11.6. The number of ether oxygens (including phenoxy) is 2. The number of hydrogen-bond donors (Lipinski definition) is 1.